The van der Waals surface area contributed by atoms with Crippen LogP contribution in [-0.4, -0.2) is 28.6 Å². The zero-order valence-corrected chi connectivity index (χ0v) is 22.6. The Morgan fingerprint density at radius 2 is 1.65 bits per heavy atom. The standard InChI is InChI=1S/C32H39N3O2/c1-23-15-17-27(26(4)21-23)32(36)33-18-9-5-6-13-31-34-28-11-7-8-12-29(28)35(31)19-10-20-37-30-22-24(2)14-16-25(30)3/h7-8,11-12,14-17,21-22H,5-6,9-10,13,18-20H2,1-4H3,(H,33,36). The maximum Gasteiger partial charge on any atom is 0.251 e. The number of hydrogen-bond acceptors (Lipinski definition) is 3. The van der Waals surface area contributed by atoms with E-state index in [9.17, 15) is 4.79 Å². The van der Waals surface area contributed by atoms with Gasteiger partial charge in [-0.1, -0.05) is 48.4 Å². The molecule has 0 radical (unpaired) electrons. The third-order valence-electron chi connectivity index (χ3n) is 6.85. The maximum atomic E-state index is 12.5. The number of hydrogen-bond donors (Lipinski definition) is 1. The molecule has 37 heavy (non-hydrogen) atoms. The summed E-state index contributed by atoms with van der Waals surface area (Å²) in [5.74, 6) is 2.12. The van der Waals surface area contributed by atoms with Crippen LogP contribution in [0.15, 0.2) is 60.7 Å². The molecule has 4 aromatic rings. The molecular formula is C32H39N3O2. The summed E-state index contributed by atoms with van der Waals surface area (Å²) in [6, 6.07) is 20.7. The van der Waals surface area contributed by atoms with Crippen LogP contribution in [0.3, 0.4) is 0 Å². The highest BCUT2D eigenvalue weighted by atomic mass is 16.5. The van der Waals surface area contributed by atoms with Crippen LogP contribution in [-0.2, 0) is 13.0 Å². The molecule has 5 heteroatoms. The minimum absolute atomic E-state index is 0.0161. The molecule has 4 rings (SSSR count). The molecule has 0 saturated carbocycles. The second kappa shape index (κ2) is 12.6. The van der Waals surface area contributed by atoms with E-state index in [1.807, 2.05) is 32.0 Å². The Morgan fingerprint density at radius 3 is 2.49 bits per heavy atom. The first-order valence-electron chi connectivity index (χ1n) is 13.4. The number of fused-ring (bicyclic) bond motifs is 1. The molecule has 0 aliphatic heterocycles. The van der Waals surface area contributed by atoms with Gasteiger partial charge in [-0.05, 0) is 87.9 Å². The Labute approximate surface area is 220 Å². The minimum atomic E-state index is 0.0161. The van der Waals surface area contributed by atoms with Crippen molar-refractivity contribution in [2.45, 2.75) is 66.3 Å². The number of carbonyl (C=O) groups excluding carboxylic acids is 1. The van der Waals surface area contributed by atoms with E-state index < -0.39 is 0 Å². The molecule has 194 valence electrons. The Bertz CT molecular complexity index is 1360. The Morgan fingerprint density at radius 1 is 0.865 bits per heavy atom. The van der Waals surface area contributed by atoms with E-state index in [1.165, 1.54) is 22.2 Å². The number of nitrogens with zero attached hydrogens (tertiary/aromatic N) is 2. The number of rotatable bonds is 12. The lowest BCUT2D eigenvalue weighted by Crippen LogP contribution is -2.25. The number of imidazole rings is 1. The third-order valence-corrected chi connectivity index (χ3v) is 6.85. The van der Waals surface area contributed by atoms with Crippen LogP contribution in [0.1, 0.15) is 64.1 Å². The van der Waals surface area contributed by atoms with Crippen LogP contribution in [0.4, 0.5) is 0 Å². The Balaban J connectivity index is 1.26. The van der Waals surface area contributed by atoms with Crippen molar-refractivity contribution in [1.29, 1.82) is 0 Å². The average molecular weight is 498 g/mol. The summed E-state index contributed by atoms with van der Waals surface area (Å²) in [4.78, 5) is 17.4. The van der Waals surface area contributed by atoms with Gasteiger partial charge in [0.15, 0.2) is 0 Å². The lowest BCUT2D eigenvalue weighted by Gasteiger charge is -2.12. The van der Waals surface area contributed by atoms with Gasteiger partial charge in [0.25, 0.3) is 5.91 Å². The number of aryl methyl sites for hydroxylation is 6. The van der Waals surface area contributed by atoms with Crippen LogP contribution >= 0.6 is 0 Å². The molecule has 1 aromatic heterocycles. The predicted octanol–water partition coefficient (Wildman–Crippen LogP) is 6.88. The molecule has 0 fully saturated rings. The fourth-order valence-corrected chi connectivity index (χ4v) is 4.78. The van der Waals surface area contributed by atoms with Crippen molar-refractivity contribution in [2.75, 3.05) is 13.2 Å². The van der Waals surface area contributed by atoms with Crippen molar-refractivity contribution in [3.05, 3.63) is 94.3 Å². The summed E-state index contributed by atoms with van der Waals surface area (Å²) in [5, 5.41) is 3.07. The van der Waals surface area contributed by atoms with Gasteiger partial charge in [0, 0.05) is 25.1 Å². The summed E-state index contributed by atoms with van der Waals surface area (Å²) in [6.45, 7) is 10.5. The van der Waals surface area contributed by atoms with Crippen molar-refractivity contribution in [2.24, 2.45) is 0 Å². The molecule has 0 spiro atoms. The number of benzene rings is 3. The van der Waals surface area contributed by atoms with Gasteiger partial charge in [0.05, 0.1) is 17.6 Å². The number of aromatic nitrogens is 2. The largest absolute Gasteiger partial charge is 0.493 e. The zero-order valence-electron chi connectivity index (χ0n) is 22.6. The third kappa shape index (κ3) is 7.00. The fraction of sp³-hybridized carbons (Fsp3) is 0.375. The molecular weight excluding hydrogens is 458 g/mol. The van der Waals surface area contributed by atoms with E-state index in [4.69, 9.17) is 9.72 Å². The second-order valence-electron chi connectivity index (χ2n) is 10.0. The average Bonchev–Trinajstić information content (AvgIpc) is 3.23. The summed E-state index contributed by atoms with van der Waals surface area (Å²) < 4.78 is 8.44. The highest BCUT2D eigenvalue weighted by Gasteiger charge is 2.11. The van der Waals surface area contributed by atoms with Gasteiger partial charge >= 0.3 is 0 Å². The van der Waals surface area contributed by atoms with Crippen LogP contribution in [0.2, 0.25) is 0 Å². The summed E-state index contributed by atoms with van der Waals surface area (Å²) in [5.41, 5.74) is 7.59. The van der Waals surface area contributed by atoms with E-state index in [0.717, 1.165) is 66.9 Å². The van der Waals surface area contributed by atoms with Gasteiger partial charge in [-0.25, -0.2) is 4.98 Å². The Kier molecular flexibility index (Phi) is 8.99. The van der Waals surface area contributed by atoms with Crippen molar-refractivity contribution in [3.63, 3.8) is 0 Å². The second-order valence-corrected chi connectivity index (χ2v) is 10.0. The number of para-hydroxylation sites is 2. The van der Waals surface area contributed by atoms with Crippen molar-refractivity contribution < 1.29 is 9.53 Å². The van der Waals surface area contributed by atoms with Gasteiger partial charge < -0.3 is 14.6 Å². The number of amides is 1. The lowest BCUT2D eigenvalue weighted by molar-refractivity contribution is 0.0952. The molecule has 0 atom stereocenters. The van der Waals surface area contributed by atoms with Crippen LogP contribution in [0.25, 0.3) is 11.0 Å². The van der Waals surface area contributed by atoms with E-state index in [0.29, 0.717) is 13.2 Å². The summed E-state index contributed by atoms with van der Waals surface area (Å²) in [7, 11) is 0. The molecule has 5 nitrogen and oxygen atoms in total. The number of ether oxygens (including phenoxy) is 1. The Hall–Kier alpha value is -3.60. The monoisotopic (exact) mass is 497 g/mol. The molecule has 1 amide bonds. The summed E-state index contributed by atoms with van der Waals surface area (Å²) >= 11 is 0. The first kappa shape index (κ1) is 26.5. The highest BCUT2D eigenvalue weighted by Crippen LogP contribution is 2.21. The molecule has 0 saturated heterocycles. The molecule has 1 N–H and O–H groups in total. The molecule has 0 aliphatic carbocycles. The van der Waals surface area contributed by atoms with Gasteiger partial charge in [-0.15, -0.1) is 0 Å². The normalized spacial score (nSPS) is 11.1. The van der Waals surface area contributed by atoms with Crippen molar-refractivity contribution in [3.8, 4) is 5.75 Å². The lowest BCUT2D eigenvalue weighted by atomic mass is 10.1. The molecule has 0 bridgehead atoms. The highest BCUT2D eigenvalue weighted by molar-refractivity contribution is 5.95. The topological polar surface area (TPSA) is 56.2 Å². The van der Waals surface area contributed by atoms with E-state index in [-0.39, 0.29) is 5.91 Å². The molecule has 3 aromatic carbocycles. The smallest absolute Gasteiger partial charge is 0.251 e. The maximum absolute atomic E-state index is 12.5. The quantitative estimate of drug-likeness (QED) is 0.217. The predicted molar refractivity (Wildman–Crippen MR) is 152 cm³/mol. The summed E-state index contributed by atoms with van der Waals surface area (Å²) in [6.07, 6.45) is 4.90. The number of unbranched alkanes of at least 4 members (excludes halogenated alkanes) is 2. The molecule has 0 aliphatic rings. The van der Waals surface area contributed by atoms with Gasteiger partial charge in [-0.3, -0.25) is 4.79 Å². The van der Waals surface area contributed by atoms with E-state index in [1.54, 1.807) is 0 Å². The van der Waals surface area contributed by atoms with Crippen LogP contribution in [0, 0.1) is 27.7 Å². The van der Waals surface area contributed by atoms with Crippen molar-refractivity contribution >= 4 is 16.9 Å². The first-order chi connectivity index (χ1) is 17.9. The van der Waals surface area contributed by atoms with Crippen LogP contribution in [0.5, 0.6) is 5.75 Å². The SMILES string of the molecule is Cc1ccc(C(=O)NCCCCCc2nc3ccccc3n2CCCOc2cc(C)ccc2C)c(C)c1. The number of carbonyl (C=O) groups is 1. The number of nitrogens with one attached hydrogen (secondary N) is 1. The zero-order chi connectivity index (χ0) is 26.2. The van der Waals surface area contributed by atoms with E-state index in [2.05, 4.69) is 66.2 Å². The van der Waals surface area contributed by atoms with Crippen LogP contribution < -0.4 is 10.1 Å². The molecule has 1 heterocycles. The van der Waals surface area contributed by atoms with Gasteiger partial charge in [0.1, 0.15) is 11.6 Å². The molecule has 0 unspecified atom stereocenters. The first-order valence-corrected chi connectivity index (χ1v) is 13.4. The van der Waals surface area contributed by atoms with Gasteiger partial charge in [0.2, 0.25) is 0 Å². The minimum Gasteiger partial charge on any atom is -0.493 e. The van der Waals surface area contributed by atoms with E-state index >= 15 is 0 Å². The van der Waals surface area contributed by atoms with Gasteiger partial charge in [-0.2, -0.15) is 0 Å². The van der Waals surface area contributed by atoms with Crippen molar-refractivity contribution in [1.82, 2.24) is 14.9 Å². The fourth-order valence-electron chi connectivity index (χ4n) is 4.78.